The minimum atomic E-state index is 0.480. The van der Waals surface area contributed by atoms with Crippen LogP contribution in [0.3, 0.4) is 0 Å². The fourth-order valence-corrected chi connectivity index (χ4v) is 2.86. The molecule has 108 valence electrons. The molecule has 4 heteroatoms. The van der Waals surface area contributed by atoms with Crippen LogP contribution < -0.4 is 5.32 Å². The van der Waals surface area contributed by atoms with Crippen LogP contribution in [0.4, 0.5) is 0 Å². The van der Waals surface area contributed by atoms with E-state index in [0.29, 0.717) is 6.10 Å². The summed E-state index contributed by atoms with van der Waals surface area (Å²) in [5.74, 6) is 0.729. The molecule has 1 saturated carbocycles. The predicted molar refractivity (Wildman–Crippen MR) is 77.1 cm³/mol. The van der Waals surface area contributed by atoms with E-state index in [1.54, 1.807) is 0 Å². The molecule has 1 aromatic heterocycles. The molecule has 1 aliphatic rings. The Balaban J connectivity index is 1.62. The number of aromatic nitrogens is 2. The van der Waals surface area contributed by atoms with Crippen molar-refractivity contribution in [3.05, 3.63) is 17.0 Å². The highest BCUT2D eigenvalue weighted by atomic mass is 16.5. The standard InChI is InChI=1S/C15H27N3O/c1-11-6-4-5-7-15(11)19-9-8-16-10-14-12(2)17-18-13(14)3/h11,15-16H,4-10H2,1-3H3,(H,17,18)/t11-,15+/m1/s1. The predicted octanol–water partition coefficient (Wildman–Crippen LogP) is 2.71. The maximum absolute atomic E-state index is 5.99. The molecule has 2 atom stereocenters. The van der Waals surface area contributed by atoms with Crippen molar-refractivity contribution in [3.8, 4) is 0 Å². The first-order valence-corrected chi connectivity index (χ1v) is 7.51. The topological polar surface area (TPSA) is 49.9 Å². The maximum Gasteiger partial charge on any atom is 0.0638 e. The zero-order valence-electron chi connectivity index (χ0n) is 12.5. The zero-order valence-corrected chi connectivity index (χ0v) is 12.5. The van der Waals surface area contributed by atoms with Gasteiger partial charge in [0.2, 0.25) is 0 Å². The molecule has 0 saturated heterocycles. The molecule has 0 spiro atoms. The second-order valence-corrected chi connectivity index (χ2v) is 5.76. The van der Waals surface area contributed by atoms with Gasteiger partial charge in [-0.2, -0.15) is 5.10 Å². The molecule has 2 rings (SSSR count). The number of ether oxygens (including phenoxy) is 1. The van der Waals surface area contributed by atoms with Crippen LogP contribution in [-0.2, 0) is 11.3 Å². The summed E-state index contributed by atoms with van der Waals surface area (Å²) >= 11 is 0. The minimum absolute atomic E-state index is 0.480. The molecular formula is C15H27N3O. The molecule has 1 heterocycles. The molecule has 0 amide bonds. The number of nitrogens with zero attached hydrogens (tertiary/aromatic N) is 1. The summed E-state index contributed by atoms with van der Waals surface area (Å²) < 4.78 is 5.99. The van der Waals surface area contributed by atoms with Gasteiger partial charge in [0.05, 0.1) is 18.4 Å². The van der Waals surface area contributed by atoms with E-state index in [4.69, 9.17) is 4.74 Å². The van der Waals surface area contributed by atoms with Crippen LogP contribution in [0.5, 0.6) is 0 Å². The highest BCUT2D eigenvalue weighted by Crippen LogP contribution is 2.25. The van der Waals surface area contributed by atoms with Gasteiger partial charge < -0.3 is 10.1 Å². The van der Waals surface area contributed by atoms with E-state index < -0.39 is 0 Å². The molecule has 0 radical (unpaired) electrons. The second-order valence-electron chi connectivity index (χ2n) is 5.76. The molecule has 2 N–H and O–H groups in total. The first-order chi connectivity index (χ1) is 9.18. The van der Waals surface area contributed by atoms with E-state index in [9.17, 15) is 0 Å². The Morgan fingerprint density at radius 3 is 2.79 bits per heavy atom. The van der Waals surface area contributed by atoms with Crippen LogP contribution in [0, 0.1) is 19.8 Å². The lowest BCUT2D eigenvalue weighted by molar-refractivity contribution is -0.00323. The molecule has 1 aromatic rings. The van der Waals surface area contributed by atoms with Gasteiger partial charge in [0.15, 0.2) is 0 Å². The van der Waals surface area contributed by atoms with Crippen molar-refractivity contribution < 1.29 is 4.74 Å². The molecule has 0 aliphatic heterocycles. The van der Waals surface area contributed by atoms with Crippen molar-refractivity contribution in [2.45, 2.75) is 59.1 Å². The van der Waals surface area contributed by atoms with E-state index in [2.05, 4.69) is 29.4 Å². The smallest absolute Gasteiger partial charge is 0.0638 e. The summed E-state index contributed by atoms with van der Waals surface area (Å²) in [6.07, 6.45) is 5.74. The van der Waals surface area contributed by atoms with Gasteiger partial charge in [0.1, 0.15) is 0 Å². The average molecular weight is 265 g/mol. The lowest BCUT2D eigenvalue weighted by Crippen LogP contribution is -2.29. The van der Waals surface area contributed by atoms with Gasteiger partial charge in [-0.3, -0.25) is 5.10 Å². The molecule has 4 nitrogen and oxygen atoms in total. The van der Waals surface area contributed by atoms with Gasteiger partial charge in [-0.25, -0.2) is 0 Å². The highest BCUT2D eigenvalue weighted by Gasteiger charge is 2.21. The summed E-state index contributed by atoms with van der Waals surface area (Å²) in [6, 6.07) is 0. The average Bonchev–Trinajstić information content (AvgIpc) is 2.72. The molecule has 0 aromatic carbocycles. The number of aryl methyl sites for hydroxylation is 2. The van der Waals surface area contributed by atoms with Crippen LogP contribution in [0.25, 0.3) is 0 Å². The van der Waals surface area contributed by atoms with Crippen molar-refractivity contribution >= 4 is 0 Å². The van der Waals surface area contributed by atoms with Gasteiger partial charge in [-0.15, -0.1) is 0 Å². The van der Waals surface area contributed by atoms with E-state index in [1.165, 1.54) is 31.2 Å². The molecular weight excluding hydrogens is 238 g/mol. The van der Waals surface area contributed by atoms with Crippen molar-refractivity contribution in [2.75, 3.05) is 13.2 Å². The highest BCUT2D eigenvalue weighted by molar-refractivity contribution is 5.22. The molecule has 19 heavy (non-hydrogen) atoms. The Morgan fingerprint density at radius 2 is 2.11 bits per heavy atom. The number of hydrogen-bond donors (Lipinski definition) is 2. The summed E-state index contributed by atoms with van der Waals surface area (Å²) in [7, 11) is 0. The van der Waals surface area contributed by atoms with Crippen molar-refractivity contribution in [1.82, 2.24) is 15.5 Å². The third-order valence-corrected chi connectivity index (χ3v) is 4.23. The Labute approximate surface area is 116 Å². The first-order valence-electron chi connectivity index (χ1n) is 7.51. The number of rotatable bonds is 6. The number of nitrogens with one attached hydrogen (secondary N) is 2. The van der Waals surface area contributed by atoms with E-state index >= 15 is 0 Å². The Hall–Kier alpha value is -0.870. The molecule has 1 fully saturated rings. The number of H-pyrrole nitrogens is 1. The second kappa shape index (κ2) is 7.06. The SMILES string of the molecule is Cc1n[nH]c(C)c1CNCCO[C@H]1CCCC[C@H]1C. The summed E-state index contributed by atoms with van der Waals surface area (Å²) in [4.78, 5) is 0. The lowest BCUT2D eigenvalue weighted by Gasteiger charge is -2.28. The van der Waals surface area contributed by atoms with E-state index in [1.807, 2.05) is 6.92 Å². The van der Waals surface area contributed by atoms with Crippen LogP contribution in [0.15, 0.2) is 0 Å². The van der Waals surface area contributed by atoms with Crippen LogP contribution >= 0.6 is 0 Å². The van der Waals surface area contributed by atoms with Crippen LogP contribution in [0.2, 0.25) is 0 Å². The van der Waals surface area contributed by atoms with Crippen LogP contribution in [0.1, 0.15) is 49.6 Å². The van der Waals surface area contributed by atoms with Crippen molar-refractivity contribution in [2.24, 2.45) is 5.92 Å². The van der Waals surface area contributed by atoms with Gasteiger partial charge >= 0.3 is 0 Å². The largest absolute Gasteiger partial charge is 0.377 e. The number of aromatic amines is 1. The molecule has 1 aliphatic carbocycles. The van der Waals surface area contributed by atoms with E-state index in [-0.39, 0.29) is 0 Å². The number of hydrogen-bond acceptors (Lipinski definition) is 3. The van der Waals surface area contributed by atoms with Crippen molar-refractivity contribution in [3.63, 3.8) is 0 Å². The molecule has 0 bridgehead atoms. The first kappa shape index (κ1) is 14.5. The third kappa shape index (κ3) is 4.05. The quantitative estimate of drug-likeness (QED) is 0.778. The Bertz CT molecular complexity index is 369. The van der Waals surface area contributed by atoms with Gasteiger partial charge in [-0.05, 0) is 32.6 Å². The maximum atomic E-state index is 5.99. The van der Waals surface area contributed by atoms with Gasteiger partial charge in [-0.1, -0.05) is 19.8 Å². The van der Waals surface area contributed by atoms with Gasteiger partial charge in [0, 0.05) is 24.3 Å². The van der Waals surface area contributed by atoms with Gasteiger partial charge in [0.25, 0.3) is 0 Å². The Kier molecular flexibility index (Phi) is 5.40. The summed E-state index contributed by atoms with van der Waals surface area (Å²) in [5.41, 5.74) is 3.53. The molecule has 0 unspecified atom stereocenters. The monoisotopic (exact) mass is 265 g/mol. The zero-order chi connectivity index (χ0) is 13.7. The Morgan fingerprint density at radius 1 is 1.32 bits per heavy atom. The third-order valence-electron chi connectivity index (χ3n) is 4.23. The van der Waals surface area contributed by atoms with Crippen LogP contribution in [-0.4, -0.2) is 29.5 Å². The lowest BCUT2D eigenvalue weighted by atomic mass is 9.88. The summed E-state index contributed by atoms with van der Waals surface area (Å²) in [6.45, 7) is 9.02. The fourth-order valence-electron chi connectivity index (χ4n) is 2.86. The fraction of sp³-hybridized carbons (Fsp3) is 0.800. The van der Waals surface area contributed by atoms with Crippen molar-refractivity contribution in [1.29, 1.82) is 0 Å². The normalized spacial score (nSPS) is 23.7. The summed E-state index contributed by atoms with van der Waals surface area (Å²) in [5, 5.41) is 10.7. The minimum Gasteiger partial charge on any atom is -0.377 e. The van der Waals surface area contributed by atoms with E-state index in [0.717, 1.165) is 37.0 Å².